The zero-order valence-electron chi connectivity index (χ0n) is 15.3. The molecule has 0 unspecified atom stereocenters. The van der Waals surface area contributed by atoms with Gasteiger partial charge in [-0.15, -0.1) is 22.7 Å². The highest BCUT2D eigenvalue weighted by Gasteiger charge is 2.15. The van der Waals surface area contributed by atoms with Gasteiger partial charge in [0.15, 0.2) is 5.13 Å². The molecule has 1 amide bonds. The van der Waals surface area contributed by atoms with Crippen molar-refractivity contribution < 1.29 is 4.79 Å². The zero-order valence-corrected chi connectivity index (χ0v) is 18.5. The summed E-state index contributed by atoms with van der Waals surface area (Å²) < 4.78 is 1.31. The van der Waals surface area contributed by atoms with E-state index in [-0.39, 0.29) is 18.0 Å². The third-order valence-electron chi connectivity index (χ3n) is 4.43. The molecule has 4 rings (SSSR count). The van der Waals surface area contributed by atoms with Crippen LogP contribution in [0.5, 0.6) is 0 Å². The lowest BCUT2D eigenvalue weighted by molar-refractivity contribution is -0.116. The Morgan fingerprint density at radius 3 is 2.83 bits per heavy atom. The lowest BCUT2D eigenvalue weighted by Gasteiger charge is -2.05. The summed E-state index contributed by atoms with van der Waals surface area (Å²) >= 11 is 14.9. The largest absolute Gasteiger partial charge is 0.300 e. The summed E-state index contributed by atoms with van der Waals surface area (Å²) in [7, 11) is 0. The van der Waals surface area contributed by atoms with Crippen molar-refractivity contribution in [1.29, 1.82) is 0 Å². The summed E-state index contributed by atoms with van der Waals surface area (Å²) in [4.78, 5) is 35.6. The zero-order chi connectivity index (χ0) is 20.7. The number of thiazole rings is 1. The quantitative estimate of drug-likeness (QED) is 0.453. The van der Waals surface area contributed by atoms with Crippen molar-refractivity contribution >= 4 is 67.1 Å². The fourth-order valence-electron chi connectivity index (χ4n) is 2.85. The number of carbonyl (C=O) groups is 1. The van der Waals surface area contributed by atoms with Crippen LogP contribution in [0.1, 0.15) is 10.4 Å². The molecule has 0 saturated heterocycles. The van der Waals surface area contributed by atoms with Crippen molar-refractivity contribution in [2.24, 2.45) is 0 Å². The minimum Gasteiger partial charge on any atom is -0.300 e. The van der Waals surface area contributed by atoms with Crippen LogP contribution in [0.4, 0.5) is 5.13 Å². The number of hydrogen-bond donors (Lipinski definition) is 1. The van der Waals surface area contributed by atoms with Crippen LogP contribution in [-0.2, 0) is 11.3 Å². The summed E-state index contributed by atoms with van der Waals surface area (Å²) in [6.45, 7) is 3.69. The van der Waals surface area contributed by atoms with Gasteiger partial charge in [0, 0.05) is 20.8 Å². The molecule has 0 atom stereocenters. The van der Waals surface area contributed by atoms with Crippen LogP contribution in [0.25, 0.3) is 21.5 Å². The summed E-state index contributed by atoms with van der Waals surface area (Å²) in [6, 6.07) is 5.14. The van der Waals surface area contributed by atoms with Gasteiger partial charge in [-0.1, -0.05) is 23.2 Å². The molecule has 0 radical (unpaired) electrons. The molecule has 0 aliphatic heterocycles. The Morgan fingerprint density at radius 2 is 2.07 bits per heavy atom. The smallest absolute Gasteiger partial charge is 0.262 e. The number of aryl methyl sites for hydroxylation is 2. The van der Waals surface area contributed by atoms with Crippen molar-refractivity contribution in [3.05, 3.63) is 60.7 Å². The summed E-state index contributed by atoms with van der Waals surface area (Å²) in [5.74, 6) is -0.360. The number of benzene rings is 1. The second-order valence-corrected chi connectivity index (χ2v) is 9.26. The highest BCUT2D eigenvalue weighted by Crippen LogP contribution is 2.32. The maximum absolute atomic E-state index is 12.7. The number of aromatic nitrogens is 3. The Hall–Kier alpha value is -2.26. The van der Waals surface area contributed by atoms with Gasteiger partial charge in [-0.05, 0) is 37.6 Å². The lowest BCUT2D eigenvalue weighted by Crippen LogP contribution is -2.27. The summed E-state index contributed by atoms with van der Waals surface area (Å²) in [6.07, 6.45) is 1.40. The Morgan fingerprint density at radius 1 is 1.28 bits per heavy atom. The number of rotatable bonds is 4. The van der Waals surface area contributed by atoms with Gasteiger partial charge in [-0.3, -0.25) is 14.2 Å². The average Bonchev–Trinajstić information content (AvgIpc) is 3.22. The first-order chi connectivity index (χ1) is 13.8. The third-order valence-corrected chi connectivity index (χ3v) is 6.85. The van der Waals surface area contributed by atoms with Gasteiger partial charge in [-0.2, -0.15) is 0 Å². The standard InChI is InChI=1S/C19H14Cl2N4O2S2/c1-9-10(2)29-17-16(9)18(27)25(8-22-17)6-15(26)24-19-23-14(7-28-19)12-4-3-11(20)5-13(12)21/h3-5,7-8H,6H2,1-2H3,(H,23,24,26). The predicted octanol–water partition coefficient (Wildman–Crippen LogP) is 5.14. The second kappa shape index (κ2) is 7.87. The number of fused-ring (bicyclic) bond motifs is 1. The van der Waals surface area contributed by atoms with Crippen molar-refractivity contribution in [3.63, 3.8) is 0 Å². The molecular formula is C19H14Cl2N4O2S2. The van der Waals surface area contributed by atoms with Crippen LogP contribution in [0.2, 0.25) is 10.0 Å². The molecule has 3 aromatic heterocycles. The van der Waals surface area contributed by atoms with Gasteiger partial charge in [0.25, 0.3) is 5.56 Å². The average molecular weight is 465 g/mol. The van der Waals surface area contributed by atoms with E-state index in [0.717, 1.165) is 16.0 Å². The van der Waals surface area contributed by atoms with E-state index >= 15 is 0 Å². The van der Waals surface area contributed by atoms with E-state index in [9.17, 15) is 9.59 Å². The molecule has 148 valence electrons. The fourth-order valence-corrected chi connectivity index (χ4v) is 5.07. The monoisotopic (exact) mass is 464 g/mol. The molecule has 1 N–H and O–H groups in total. The normalized spacial score (nSPS) is 11.2. The molecule has 0 fully saturated rings. The number of thiophene rings is 1. The van der Waals surface area contributed by atoms with E-state index in [1.54, 1.807) is 23.6 Å². The van der Waals surface area contributed by atoms with E-state index in [0.29, 0.717) is 31.1 Å². The number of nitrogens with one attached hydrogen (secondary N) is 1. The third kappa shape index (κ3) is 3.93. The first-order valence-electron chi connectivity index (χ1n) is 8.49. The van der Waals surface area contributed by atoms with Crippen LogP contribution >= 0.6 is 45.9 Å². The number of halogens is 2. The van der Waals surface area contributed by atoms with Gasteiger partial charge in [0.05, 0.1) is 22.4 Å². The van der Waals surface area contributed by atoms with E-state index < -0.39 is 0 Å². The molecular weight excluding hydrogens is 451 g/mol. The number of anilines is 1. The molecule has 0 bridgehead atoms. The molecule has 4 aromatic rings. The molecule has 6 nitrogen and oxygen atoms in total. The minimum atomic E-state index is -0.360. The lowest BCUT2D eigenvalue weighted by atomic mass is 10.2. The van der Waals surface area contributed by atoms with Gasteiger partial charge in [0.1, 0.15) is 11.4 Å². The summed E-state index contributed by atoms with van der Waals surface area (Å²) in [5, 5.41) is 6.51. The minimum absolute atomic E-state index is 0.146. The molecule has 10 heteroatoms. The first kappa shape index (κ1) is 20.0. The van der Waals surface area contributed by atoms with Gasteiger partial charge in [-0.25, -0.2) is 9.97 Å². The predicted molar refractivity (Wildman–Crippen MR) is 120 cm³/mol. The van der Waals surface area contributed by atoms with Gasteiger partial charge in [0.2, 0.25) is 5.91 Å². The molecule has 1 aromatic carbocycles. The van der Waals surface area contributed by atoms with Crippen LogP contribution in [-0.4, -0.2) is 20.4 Å². The number of amides is 1. The Kier molecular flexibility index (Phi) is 5.44. The van der Waals surface area contributed by atoms with Gasteiger partial charge >= 0.3 is 0 Å². The van der Waals surface area contributed by atoms with E-state index in [1.807, 2.05) is 13.8 Å². The summed E-state index contributed by atoms with van der Waals surface area (Å²) in [5.41, 5.74) is 2.04. The van der Waals surface area contributed by atoms with E-state index in [4.69, 9.17) is 23.2 Å². The molecule has 0 aliphatic rings. The second-order valence-electron chi connectivity index (χ2n) is 6.35. The number of nitrogens with zero attached hydrogens (tertiary/aromatic N) is 3. The number of carbonyl (C=O) groups excluding carboxylic acids is 1. The van der Waals surface area contributed by atoms with Gasteiger partial charge < -0.3 is 5.32 Å². The Labute approximate surface area is 183 Å². The SMILES string of the molecule is Cc1sc2ncn(CC(=O)Nc3nc(-c4ccc(Cl)cc4Cl)cs3)c(=O)c2c1C. The topological polar surface area (TPSA) is 76.9 Å². The van der Waals surface area contributed by atoms with E-state index in [1.165, 1.54) is 33.6 Å². The maximum atomic E-state index is 12.7. The van der Waals surface area contributed by atoms with Crippen LogP contribution in [0.15, 0.2) is 34.7 Å². The molecule has 0 spiro atoms. The fraction of sp³-hybridized carbons (Fsp3) is 0.158. The Balaban J connectivity index is 1.53. The Bertz CT molecular complexity index is 1310. The van der Waals surface area contributed by atoms with Crippen molar-refractivity contribution in [2.75, 3.05) is 5.32 Å². The molecule has 0 saturated carbocycles. The first-order valence-corrected chi connectivity index (χ1v) is 10.9. The number of hydrogen-bond acceptors (Lipinski definition) is 6. The highest BCUT2D eigenvalue weighted by molar-refractivity contribution is 7.18. The van der Waals surface area contributed by atoms with Crippen LogP contribution in [0.3, 0.4) is 0 Å². The van der Waals surface area contributed by atoms with E-state index in [2.05, 4.69) is 15.3 Å². The molecule has 3 heterocycles. The van der Waals surface area contributed by atoms with Crippen LogP contribution in [0, 0.1) is 13.8 Å². The molecule has 0 aliphatic carbocycles. The maximum Gasteiger partial charge on any atom is 0.262 e. The van der Waals surface area contributed by atoms with Crippen LogP contribution < -0.4 is 10.9 Å². The molecule has 29 heavy (non-hydrogen) atoms. The van der Waals surface area contributed by atoms with Crippen molar-refractivity contribution in [3.8, 4) is 11.3 Å². The van der Waals surface area contributed by atoms with Crippen molar-refractivity contribution in [2.45, 2.75) is 20.4 Å². The van der Waals surface area contributed by atoms with Crippen molar-refractivity contribution in [1.82, 2.24) is 14.5 Å². The highest BCUT2D eigenvalue weighted by atomic mass is 35.5.